The molecule has 0 aromatic heterocycles. The molecule has 0 saturated carbocycles. The highest BCUT2D eigenvalue weighted by atomic mass is 79.9. The molecule has 1 rings (SSSR count). The van der Waals surface area contributed by atoms with Gasteiger partial charge in [-0.1, -0.05) is 20.8 Å². The topological polar surface area (TPSA) is 78.4 Å². The molecule has 20 heavy (non-hydrogen) atoms. The number of carbonyl (C=O) groups excluding carboxylic acids is 1. The summed E-state index contributed by atoms with van der Waals surface area (Å²) in [6.45, 7) is 6.85. The molecule has 110 valence electrons. The lowest BCUT2D eigenvalue weighted by molar-refractivity contribution is 0.0697. The highest BCUT2D eigenvalue weighted by Gasteiger charge is 2.12. The van der Waals surface area contributed by atoms with Crippen molar-refractivity contribution in [1.82, 2.24) is 5.32 Å². The second-order valence-corrected chi connectivity index (χ2v) is 6.55. The number of halogens is 1. The molecule has 0 fully saturated rings. The van der Waals surface area contributed by atoms with E-state index in [4.69, 9.17) is 5.11 Å². The van der Waals surface area contributed by atoms with Crippen molar-refractivity contribution < 1.29 is 14.7 Å². The van der Waals surface area contributed by atoms with Crippen LogP contribution in [0.5, 0.6) is 0 Å². The number of nitrogens with one attached hydrogen (secondary N) is 2. The maximum Gasteiger partial charge on any atom is 0.335 e. The van der Waals surface area contributed by atoms with Gasteiger partial charge in [0.1, 0.15) is 0 Å². The van der Waals surface area contributed by atoms with E-state index in [1.807, 2.05) is 0 Å². The molecule has 5 nitrogen and oxygen atoms in total. The van der Waals surface area contributed by atoms with Crippen LogP contribution in [0, 0.1) is 5.41 Å². The molecule has 0 aliphatic carbocycles. The van der Waals surface area contributed by atoms with Gasteiger partial charge in [0.2, 0.25) is 0 Å². The molecule has 1 aromatic carbocycles. The first-order valence-corrected chi connectivity index (χ1v) is 7.06. The van der Waals surface area contributed by atoms with Gasteiger partial charge in [-0.2, -0.15) is 0 Å². The first kappa shape index (κ1) is 16.5. The molecule has 0 heterocycles. The summed E-state index contributed by atoms with van der Waals surface area (Å²) in [5, 5.41) is 14.3. The van der Waals surface area contributed by atoms with Gasteiger partial charge in [-0.15, -0.1) is 0 Å². The number of carboxylic acids is 1. The minimum absolute atomic E-state index is 0.123. The van der Waals surface area contributed by atoms with Gasteiger partial charge in [-0.05, 0) is 46.0 Å². The lowest BCUT2D eigenvalue weighted by atomic mass is 9.92. The maximum absolute atomic E-state index is 11.7. The van der Waals surface area contributed by atoms with E-state index in [9.17, 15) is 9.59 Å². The second kappa shape index (κ2) is 6.74. The number of rotatable bonds is 4. The molecule has 6 heteroatoms. The van der Waals surface area contributed by atoms with Crippen molar-refractivity contribution in [2.45, 2.75) is 27.2 Å². The van der Waals surface area contributed by atoms with Gasteiger partial charge in [-0.25, -0.2) is 9.59 Å². The maximum atomic E-state index is 11.7. The van der Waals surface area contributed by atoms with Gasteiger partial charge in [0.15, 0.2) is 0 Å². The summed E-state index contributed by atoms with van der Waals surface area (Å²) in [4.78, 5) is 22.6. The average molecular weight is 343 g/mol. The van der Waals surface area contributed by atoms with Gasteiger partial charge in [0, 0.05) is 11.0 Å². The van der Waals surface area contributed by atoms with Crippen LogP contribution in [0.3, 0.4) is 0 Å². The van der Waals surface area contributed by atoms with Crippen molar-refractivity contribution in [2.75, 3.05) is 11.9 Å². The summed E-state index contributed by atoms with van der Waals surface area (Å²) >= 11 is 3.27. The number of carboxylic acid groups (broad SMARTS) is 1. The van der Waals surface area contributed by atoms with E-state index in [-0.39, 0.29) is 17.0 Å². The number of hydrogen-bond donors (Lipinski definition) is 3. The highest BCUT2D eigenvalue weighted by molar-refractivity contribution is 9.10. The van der Waals surface area contributed by atoms with Crippen molar-refractivity contribution in [1.29, 1.82) is 0 Å². The fourth-order valence-electron chi connectivity index (χ4n) is 1.47. The number of urea groups is 1. The summed E-state index contributed by atoms with van der Waals surface area (Å²) in [5.74, 6) is -1.03. The van der Waals surface area contributed by atoms with Crippen LogP contribution in [0.4, 0.5) is 10.5 Å². The van der Waals surface area contributed by atoms with E-state index in [1.54, 1.807) is 6.07 Å². The lowest BCUT2D eigenvalue weighted by Crippen LogP contribution is -2.31. The zero-order valence-electron chi connectivity index (χ0n) is 11.8. The second-order valence-electron chi connectivity index (χ2n) is 5.69. The van der Waals surface area contributed by atoms with E-state index in [0.29, 0.717) is 16.7 Å². The van der Waals surface area contributed by atoms with E-state index >= 15 is 0 Å². The number of anilines is 1. The van der Waals surface area contributed by atoms with E-state index in [0.717, 1.165) is 6.42 Å². The van der Waals surface area contributed by atoms with Crippen LogP contribution in [0.1, 0.15) is 37.6 Å². The number of hydrogen-bond acceptors (Lipinski definition) is 2. The Kier molecular flexibility index (Phi) is 5.56. The molecule has 2 amide bonds. The molecule has 1 aromatic rings. The molecule has 0 radical (unpaired) electrons. The van der Waals surface area contributed by atoms with Gasteiger partial charge >= 0.3 is 12.0 Å². The minimum atomic E-state index is -1.03. The summed E-state index contributed by atoms with van der Waals surface area (Å²) in [5.41, 5.74) is 0.702. The summed E-state index contributed by atoms with van der Waals surface area (Å²) < 4.78 is 0.633. The molecule has 0 unspecified atom stereocenters. The number of aromatic carboxylic acids is 1. The lowest BCUT2D eigenvalue weighted by Gasteiger charge is -2.18. The Morgan fingerprint density at radius 1 is 1.30 bits per heavy atom. The third kappa shape index (κ3) is 5.61. The van der Waals surface area contributed by atoms with Crippen LogP contribution in [-0.4, -0.2) is 23.7 Å². The Hall–Kier alpha value is -1.56. The molecule has 0 atom stereocenters. The molecule has 0 bridgehead atoms. The average Bonchev–Trinajstić information content (AvgIpc) is 2.30. The number of carbonyl (C=O) groups is 2. The van der Waals surface area contributed by atoms with Gasteiger partial charge in [-0.3, -0.25) is 0 Å². The van der Waals surface area contributed by atoms with Crippen LogP contribution < -0.4 is 10.6 Å². The first-order valence-electron chi connectivity index (χ1n) is 6.27. The van der Waals surface area contributed by atoms with E-state index in [2.05, 4.69) is 47.3 Å². The van der Waals surface area contributed by atoms with Crippen molar-refractivity contribution in [3.8, 4) is 0 Å². The predicted octanol–water partition coefficient (Wildman–Crippen LogP) is 3.71. The van der Waals surface area contributed by atoms with Crippen LogP contribution in [0.15, 0.2) is 22.7 Å². The number of amides is 2. The molecular weight excluding hydrogens is 324 g/mol. The molecule has 0 saturated heterocycles. The molecule has 0 aliphatic rings. The SMILES string of the molecule is CC(C)(C)CCNC(=O)Nc1cc(C(=O)O)ccc1Br. The Morgan fingerprint density at radius 2 is 1.95 bits per heavy atom. The monoisotopic (exact) mass is 342 g/mol. The zero-order chi connectivity index (χ0) is 15.3. The van der Waals surface area contributed by atoms with E-state index < -0.39 is 5.97 Å². The quantitative estimate of drug-likeness (QED) is 0.780. The van der Waals surface area contributed by atoms with Gasteiger partial charge in [0.25, 0.3) is 0 Å². The van der Waals surface area contributed by atoms with Crippen LogP contribution in [0.25, 0.3) is 0 Å². The molecule has 0 spiro atoms. The zero-order valence-corrected chi connectivity index (χ0v) is 13.4. The normalized spacial score (nSPS) is 11.0. The van der Waals surface area contributed by atoms with Crippen LogP contribution in [-0.2, 0) is 0 Å². The fourth-order valence-corrected chi connectivity index (χ4v) is 1.82. The molecule has 0 aliphatic heterocycles. The third-order valence-corrected chi connectivity index (χ3v) is 3.31. The predicted molar refractivity (Wildman–Crippen MR) is 82.2 cm³/mol. The molecular formula is C14H19BrN2O3. The largest absolute Gasteiger partial charge is 0.478 e. The summed E-state index contributed by atoms with van der Waals surface area (Å²) in [6.07, 6.45) is 0.858. The van der Waals surface area contributed by atoms with Crippen LogP contribution >= 0.6 is 15.9 Å². The van der Waals surface area contributed by atoms with E-state index in [1.165, 1.54) is 12.1 Å². The first-order chi connectivity index (χ1) is 9.19. The van der Waals surface area contributed by atoms with Gasteiger partial charge < -0.3 is 15.7 Å². The fraction of sp³-hybridized carbons (Fsp3) is 0.429. The summed E-state index contributed by atoms with van der Waals surface area (Å²) in [6, 6.07) is 4.12. The number of benzene rings is 1. The third-order valence-electron chi connectivity index (χ3n) is 2.62. The smallest absolute Gasteiger partial charge is 0.335 e. The van der Waals surface area contributed by atoms with Crippen molar-refractivity contribution in [3.63, 3.8) is 0 Å². The van der Waals surface area contributed by atoms with Crippen molar-refractivity contribution in [3.05, 3.63) is 28.2 Å². The Morgan fingerprint density at radius 3 is 2.50 bits per heavy atom. The Bertz CT molecular complexity index is 510. The summed E-state index contributed by atoms with van der Waals surface area (Å²) in [7, 11) is 0. The van der Waals surface area contributed by atoms with Crippen molar-refractivity contribution >= 4 is 33.6 Å². The van der Waals surface area contributed by atoms with Crippen LogP contribution in [0.2, 0.25) is 0 Å². The highest BCUT2D eigenvalue weighted by Crippen LogP contribution is 2.23. The molecule has 3 N–H and O–H groups in total. The standard InChI is InChI=1S/C14H19BrN2O3/c1-14(2,3)6-7-16-13(20)17-11-8-9(12(18)19)4-5-10(11)15/h4-5,8H,6-7H2,1-3H3,(H,18,19)(H2,16,17,20). The minimum Gasteiger partial charge on any atom is -0.478 e. The Balaban J connectivity index is 2.62. The van der Waals surface area contributed by atoms with Crippen molar-refractivity contribution in [2.24, 2.45) is 5.41 Å². The Labute approximate surface area is 126 Å². The van der Waals surface area contributed by atoms with Gasteiger partial charge in [0.05, 0.1) is 11.3 Å².